The van der Waals surface area contributed by atoms with E-state index in [-0.39, 0.29) is 62.6 Å². The monoisotopic (exact) mass is 255 g/mol. The van der Waals surface area contributed by atoms with Crippen LogP contribution in [0.2, 0.25) is 0 Å². The Balaban J connectivity index is 0.00000196. The Kier molecular flexibility index (Phi) is 5.62. The van der Waals surface area contributed by atoms with Gasteiger partial charge >= 0.3 is 51.4 Å². The summed E-state index contributed by atoms with van der Waals surface area (Å²) >= 11 is 0. The van der Waals surface area contributed by atoms with Crippen molar-refractivity contribution in [1.82, 2.24) is 0 Å². The van der Waals surface area contributed by atoms with E-state index in [1.54, 1.807) is 0 Å². The first kappa shape index (κ1) is 15.2. The predicted octanol–water partition coefficient (Wildman–Crippen LogP) is 0.0696. The van der Waals surface area contributed by atoms with Crippen LogP contribution >= 0.6 is 0 Å². The van der Waals surface area contributed by atoms with Gasteiger partial charge in [0.1, 0.15) is 4.90 Å². The first-order valence-electron chi connectivity index (χ1n) is 3.70. The fourth-order valence-electron chi connectivity index (χ4n) is 1.05. The second kappa shape index (κ2) is 5.53. The number of carbonyl (C=O) groups is 1. The molecule has 0 aliphatic rings. The third kappa shape index (κ3) is 3.95. The van der Waals surface area contributed by atoms with E-state index in [0.717, 1.165) is 6.07 Å². The standard InChI is InChI=1S/C8H9NO4S.K.H/c1-5(10)7-4-6(9)2-3-8(7)14(11,12)13;;/h2-4H,9H2,1H3,(H,11,12,13);;. The van der Waals surface area contributed by atoms with Gasteiger partial charge in [-0.15, -0.1) is 0 Å². The van der Waals surface area contributed by atoms with Crippen LogP contribution in [0.4, 0.5) is 5.69 Å². The van der Waals surface area contributed by atoms with Crippen molar-refractivity contribution in [3.63, 3.8) is 0 Å². The molecule has 1 aromatic rings. The van der Waals surface area contributed by atoms with Crippen LogP contribution in [0.1, 0.15) is 17.3 Å². The zero-order valence-corrected chi connectivity index (χ0v) is 8.21. The first-order valence-corrected chi connectivity index (χ1v) is 5.14. The average molecular weight is 255 g/mol. The molecule has 0 aliphatic heterocycles. The van der Waals surface area contributed by atoms with Crippen LogP contribution in [0.5, 0.6) is 0 Å². The molecule has 1 rings (SSSR count). The van der Waals surface area contributed by atoms with Crippen LogP contribution in [0.3, 0.4) is 0 Å². The van der Waals surface area contributed by atoms with E-state index >= 15 is 0 Å². The summed E-state index contributed by atoms with van der Waals surface area (Å²) < 4.78 is 30.5. The number of anilines is 1. The molecule has 3 N–H and O–H groups in total. The van der Waals surface area contributed by atoms with Gasteiger partial charge in [-0.05, 0) is 25.1 Å². The van der Waals surface area contributed by atoms with Crippen LogP contribution in [0.15, 0.2) is 23.1 Å². The SMILES string of the molecule is CC(=O)c1cc(N)ccc1S(=O)(=O)O.[KH]. The number of ketones is 1. The van der Waals surface area contributed by atoms with Crippen LogP contribution in [-0.4, -0.2) is 70.1 Å². The van der Waals surface area contributed by atoms with E-state index in [4.69, 9.17) is 10.3 Å². The summed E-state index contributed by atoms with van der Waals surface area (Å²) in [5.41, 5.74) is 5.54. The number of hydrogen-bond acceptors (Lipinski definition) is 4. The molecule has 0 spiro atoms. The summed E-state index contributed by atoms with van der Waals surface area (Å²) in [6.07, 6.45) is 0. The van der Waals surface area contributed by atoms with Gasteiger partial charge in [0.05, 0.1) is 0 Å². The Hall–Kier alpha value is 0.236. The van der Waals surface area contributed by atoms with E-state index in [1.165, 1.54) is 19.1 Å². The molecule has 0 amide bonds. The molecule has 7 heteroatoms. The van der Waals surface area contributed by atoms with E-state index in [9.17, 15) is 13.2 Å². The number of nitrogen functional groups attached to an aromatic ring is 1. The van der Waals surface area contributed by atoms with Crippen molar-refractivity contribution in [1.29, 1.82) is 0 Å². The van der Waals surface area contributed by atoms with Crippen molar-refractivity contribution in [2.75, 3.05) is 5.73 Å². The van der Waals surface area contributed by atoms with Crippen molar-refractivity contribution in [3.05, 3.63) is 23.8 Å². The van der Waals surface area contributed by atoms with Crippen molar-refractivity contribution >= 4 is 73.0 Å². The van der Waals surface area contributed by atoms with Gasteiger partial charge in [0.15, 0.2) is 5.78 Å². The van der Waals surface area contributed by atoms with Gasteiger partial charge in [-0.2, -0.15) is 8.42 Å². The number of nitrogens with two attached hydrogens (primary N) is 1. The van der Waals surface area contributed by atoms with Crippen molar-refractivity contribution in [3.8, 4) is 0 Å². The normalized spacial score (nSPS) is 10.5. The topological polar surface area (TPSA) is 97.5 Å². The van der Waals surface area contributed by atoms with Crippen LogP contribution in [-0.2, 0) is 10.1 Å². The first-order chi connectivity index (χ1) is 6.32. The number of carbonyl (C=O) groups excluding carboxylic acids is 1. The van der Waals surface area contributed by atoms with Gasteiger partial charge in [-0.3, -0.25) is 9.35 Å². The van der Waals surface area contributed by atoms with E-state index in [1.807, 2.05) is 0 Å². The molecule has 0 saturated carbocycles. The summed E-state index contributed by atoms with van der Waals surface area (Å²) in [6, 6.07) is 3.61. The maximum atomic E-state index is 11.0. The molecule has 0 aliphatic carbocycles. The minimum absolute atomic E-state index is 0. The molecule has 78 valence electrons. The molecule has 0 atom stereocenters. The van der Waals surface area contributed by atoms with Gasteiger partial charge in [-0.25, -0.2) is 0 Å². The van der Waals surface area contributed by atoms with Gasteiger partial charge < -0.3 is 5.73 Å². The fraction of sp³-hybridized carbons (Fsp3) is 0.125. The second-order valence-corrected chi connectivity index (χ2v) is 4.18. The average Bonchev–Trinajstić information content (AvgIpc) is 2.01. The van der Waals surface area contributed by atoms with E-state index < -0.39 is 20.8 Å². The molecular formula is C8H10KNO4S. The van der Waals surface area contributed by atoms with Crippen molar-refractivity contribution < 1.29 is 17.8 Å². The molecule has 0 bridgehead atoms. The number of benzene rings is 1. The quantitative estimate of drug-likeness (QED) is 0.337. The molecule has 1 aromatic carbocycles. The Labute approximate surface area is 130 Å². The zero-order chi connectivity index (χ0) is 10.9. The summed E-state index contributed by atoms with van der Waals surface area (Å²) in [4.78, 5) is 10.6. The Morgan fingerprint density at radius 3 is 2.33 bits per heavy atom. The zero-order valence-electron chi connectivity index (χ0n) is 7.39. The predicted molar refractivity (Wildman–Crippen MR) is 57.8 cm³/mol. The third-order valence-corrected chi connectivity index (χ3v) is 2.57. The van der Waals surface area contributed by atoms with E-state index in [0.29, 0.717) is 0 Å². The Morgan fingerprint density at radius 1 is 1.40 bits per heavy atom. The molecule has 0 radical (unpaired) electrons. The molecule has 15 heavy (non-hydrogen) atoms. The summed E-state index contributed by atoms with van der Waals surface area (Å²) in [5.74, 6) is -0.468. The van der Waals surface area contributed by atoms with Gasteiger partial charge in [0, 0.05) is 11.3 Å². The second-order valence-electron chi connectivity index (χ2n) is 2.79. The molecular weight excluding hydrogens is 245 g/mol. The number of Topliss-reactive ketones (excluding diaryl/α,β-unsaturated/α-hetero) is 1. The number of rotatable bonds is 2. The molecule has 5 nitrogen and oxygen atoms in total. The summed E-state index contributed by atoms with van der Waals surface area (Å²) in [6.45, 7) is 1.20. The summed E-state index contributed by atoms with van der Waals surface area (Å²) in [7, 11) is -4.37. The molecule has 0 unspecified atom stereocenters. The van der Waals surface area contributed by atoms with Gasteiger partial charge in [0.2, 0.25) is 0 Å². The minimum atomic E-state index is -4.37. The molecule has 0 saturated heterocycles. The third-order valence-electron chi connectivity index (χ3n) is 1.66. The van der Waals surface area contributed by atoms with Crippen LogP contribution < -0.4 is 5.73 Å². The molecule has 0 aromatic heterocycles. The number of hydrogen-bond donors (Lipinski definition) is 2. The Bertz CT molecular complexity index is 483. The van der Waals surface area contributed by atoms with Gasteiger partial charge in [-0.1, -0.05) is 0 Å². The molecule has 0 fully saturated rings. The van der Waals surface area contributed by atoms with Crippen molar-refractivity contribution in [2.24, 2.45) is 0 Å². The van der Waals surface area contributed by atoms with E-state index in [2.05, 4.69) is 0 Å². The fourth-order valence-corrected chi connectivity index (χ4v) is 1.77. The van der Waals surface area contributed by atoms with Crippen LogP contribution in [0, 0.1) is 0 Å². The van der Waals surface area contributed by atoms with Gasteiger partial charge in [0.25, 0.3) is 10.1 Å². The molecule has 0 heterocycles. The maximum absolute atomic E-state index is 11.0. The Morgan fingerprint density at radius 2 is 1.93 bits per heavy atom. The summed E-state index contributed by atoms with van der Waals surface area (Å²) in [5, 5.41) is 0. The van der Waals surface area contributed by atoms with Crippen molar-refractivity contribution in [2.45, 2.75) is 11.8 Å². The van der Waals surface area contributed by atoms with Crippen LogP contribution in [0.25, 0.3) is 0 Å².